The van der Waals surface area contributed by atoms with Crippen LogP contribution in [0.5, 0.6) is 0 Å². The Balaban J connectivity index is 1.96. The number of aliphatic carboxylic acids is 1. The van der Waals surface area contributed by atoms with Crippen LogP contribution in [0, 0.1) is 12.8 Å². The van der Waals surface area contributed by atoms with Gasteiger partial charge in [0.1, 0.15) is 5.69 Å². The molecule has 0 spiro atoms. The fourth-order valence-electron chi connectivity index (χ4n) is 2.00. The van der Waals surface area contributed by atoms with Crippen molar-refractivity contribution in [2.24, 2.45) is 5.92 Å². The van der Waals surface area contributed by atoms with Gasteiger partial charge in [-0.05, 0) is 18.9 Å². The number of carbonyl (C=O) groups excluding carboxylic acids is 1. The van der Waals surface area contributed by atoms with Crippen molar-refractivity contribution in [3.8, 4) is 0 Å². The van der Waals surface area contributed by atoms with E-state index in [4.69, 9.17) is 0 Å². The van der Waals surface area contributed by atoms with E-state index in [0.29, 0.717) is 12.1 Å². The van der Waals surface area contributed by atoms with Crippen LogP contribution in [-0.4, -0.2) is 28.5 Å². The van der Waals surface area contributed by atoms with Crippen molar-refractivity contribution in [2.45, 2.75) is 13.3 Å². The Morgan fingerprint density at radius 2 is 2.24 bits per heavy atom. The first-order valence-corrected chi connectivity index (χ1v) is 7.45. The van der Waals surface area contributed by atoms with Gasteiger partial charge in [-0.25, -0.2) is 4.98 Å². The molecule has 0 bridgehead atoms. The summed E-state index contributed by atoms with van der Waals surface area (Å²) in [6.07, 6.45) is 0.383. The number of amides is 1. The Morgan fingerprint density at radius 1 is 1.43 bits per heavy atom. The van der Waals surface area contributed by atoms with Gasteiger partial charge in [0, 0.05) is 11.9 Å². The van der Waals surface area contributed by atoms with Gasteiger partial charge in [-0.15, -0.1) is 11.3 Å². The first-order valence-electron chi connectivity index (χ1n) is 6.51. The number of benzene rings is 1. The zero-order chi connectivity index (χ0) is 15.2. The van der Waals surface area contributed by atoms with Crippen molar-refractivity contribution < 1.29 is 14.7 Å². The van der Waals surface area contributed by atoms with E-state index in [1.807, 2.05) is 31.2 Å². The molecule has 5 nitrogen and oxygen atoms in total. The molecule has 110 valence electrons. The lowest BCUT2D eigenvalue weighted by Crippen LogP contribution is -2.34. The number of thiazole rings is 1. The van der Waals surface area contributed by atoms with Crippen molar-refractivity contribution in [1.29, 1.82) is 0 Å². The molecule has 2 aromatic rings. The van der Waals surface area contributed by atoms with Crippen LogP contribution in [0.3, 0.4) is 0 Å². The summed E-state index contributed by atoms with van der Waals surface area (Å²) in [5.41, 5.74) is 3.92. The largest absolute Gasteiger partial charge is 0.481 e. The first-order chi connectivity index (χ1) is 10.1. The quantitative estimate of drug-likeness (QED) is 0.857. The second-order valence-corrected chi connectivity index (χ2v) is 5.53. The van der Waals surface area contributed by atoms with Crippen LogP contribution in [0.4, 0.5) is 0 Å². The molecule has 0 fully saturated rings. The number of nitrogens with zero attached hydrogens (tertiary/aromatic N) is 1. The number of nitrogens with one attached hydrogen (secondary N) is 1. The van der Waals surface area contributed by atoms with E-state index in [2.05, 4.69) is 10.3 Å². The van der Waals surface area contributed by atoms with Gasteiger partial charge in [0.2, 0.25) is 0 Å². The van der Waals surface area contributed by atoms with Crippen LogP contribution in [-0.2, 0) is 11.2 Å². The normalized spacial score (nSPS) is 11.9. The molecule has 1 aromatic heterocycles. The molecule has 1 unspecified atom stereocenters. The summed E-state index contributed by atoms with van der Waals surface area (Å²) in [5.74, 6) is -1.92. The Kier molecular flexibility index (Phi) is 5.05. The Labute approximate surface area is 126 Å². The van der Waals surface area contributed by atoms with Crippen molar-refractivity contribution in [3.63, 3.8) is 0 Å². The van der Waals surface area contributed by atoms with Crippen molar-refractivity contribution >= 4 is 23.2 Å². The minimum absolute atomic E-state index is 0.0830. The van der Waals surface area contributed by atoms with E-state index in [1.54, 1.807) is 10.9 Å². The van der Waals surface area contributed by atoms with Crippen molar-refractivity contribution in [3.05, 3.63) is 52.0 Å². The molecule has 0 saturated carbocycles. The number of carbonyl (C=O) groups is 2. The van der Waals surface area contributed by atoms with Gasteiger partial charge in [0.05, 0.1) is 11.4 Å². The topological polar surface area (TPSA) is 79.3 Å². The number of hydrogen-bond acceptors (Lipinski definition) is 4. The van der Waals surface area contributed by atoms with Crippen LogP contribution < -0.4 is 5.32 Å². The summed E-state index contributed by atoms with van der Waals surface area (Å²) in [6.45, 7) is 2.04. The highest BCUT2D eigenvalue weighted by Crippen LogP contribution is 2.11. The highest BCUT2D eigenvalue weighted by Gasteiger charge is 2.19. The summed E-state index contributed by atoms with van der Waals surface area (Å²) in [4.78, 5) is 27.0. The number of hydrogen-bond donors (Lipinski definition) is 2. The SMILES string of the molecule is Cc1cccc(CC(CNC(=O)c2cscn2)C(=O)O)c1. The minimum Gasteiger partial charge on any atom is -0.481 e. The van der Waals surface area contributed by atoms with Crippen LogP contribution in [0.2, 0.25) is 0 Å². The molecule has 2 N–H and O–H groups in total. The van der Waals surface area contributed by atoms with Gasteiger partial charge in [-0.3, -0.25) is 9.59 Å². The van der Waals surface area contributed by atoms with Gasteiger partial charge >= 0.3 is 5.97 Å². The van der Waals surface area contributed by atoms with Gasteiger partial charge in [-0.1, -0.05) is 29.8 Å². The minimum atomic E-state index is -0.921. The standard InChI is InChI=1S/C15H16N2O3S/c1-10-3-2-4-11(5-10)6-12(15(19)20)7-16-14(18)13-8-21-9-17-13/h2-5,8-9,12H,6-7H2,1H3,(H,16,18)(H,19,20). The smallest absolute Gasteiger partial charge is 0.308 e. The number of carboxylic acids is 1. The summed E-state index contributed by atoms with van der Waals surface area (Å²) in [7, 11) is 0. The van der Waals surface area contributed by atoms with Gasteiger partial charge in [0.25, 0.3) is 5.91 Å². The van der Waals surface area contributed by atoms with Crippen molar-refractivity contribution in [2.75, 3.05) is 6.54 Å². The zero-order valence-corrected chi connectivity index (χ0v) is 12.4. The van der Waals surface area contributed by atoms with E-state index >= 15 is 0 Å². The average Bonchev–Trinajstić information content (AvgIpc) is 2.97. The summed E-state index contributed by atoms with van der Waals surface area (Å²) in [5, 5.41) is 13.5. The maximum Gasteiger partial charge on any atom is 0.308 e. The summed E-state index contributed by atoms with van der Waals surface area (Å²) in [6, 6.07) is 7.71. The van der Waals surface area contributed by atoms with Gasteiger partial charge in [-0.2, -0.15) is 0 Å². The maximum atomic E-state index is 11.8. The molecule has 0 saturated heterocycles. The van der Waals surface area contributed by atoms with Crippen LogP contribution >= 0.6 is 11.3 Å². The number of rotatable bonds is 6. The van der Waals surface area contributed by atoms with Crippen LogP contribution in [0.1, 0.15) is 21.6 Å². The molecule has 0 aliphatic heterocycles. The summed E-state index contributed by atoms with van der Waals surface area (Å²) < 4.78 is 0. The lowest BCUT2D eigenvalue weighted by Gasteiger charge is -2.13. The third-order valence-electron chi connectivity index (χ3n) is 3.09. The molecule has 1 heterocycles. The molecular weight excluding hydrogens is 288 g/mol. The second kappa shape index (κ2) is 6.99. The highest BCUT2D eigenvalue weighted by atomic mass is 32.1. The van der Waals surface area contributed by atoms with Crippen LogP contribution in [0.15, 0.2) is 35.2 Å². The Hall–Kier alpha value is -2.21. The van der Waals surface area contributed by atoms with Gasteiger partial charge < -0.3 is 10.4 Å². The third-order valence-corrected chi connectivity index (χ3v) is 3.67. The van der Waals surface area contributed by atoms with E-state index < -0.39 is 11.9 Å². The molecule has 0 aliphatic carbocycles. The second-order valence-electron chi connectivity index (χ2n) is 4.81. The highest BCUT2D eigenvalue weighted by molar-refractivity contribution is 7.07. The predicted molar refractivity (Wildman–Crippen MR) is 80.5 cm³/mol. The molecule has 1 amide bonds. The number of carboxylic acid groups (broad SMARTS) is 1. The molecule has 0 radical (unpaired) electrons. The molecule has 2 rings (SSSR count). The van der Waals surface area contributed by atoms with E-state index in [0.717, 1.165) is 11.1 Å². The van der Waals surface area contributed by atoms with Gasteiger partial charge in [0.15, 0.2) is 0 Å². The van der Waals surface area contributed by atoms with E-state index in [-0.39, 0.29) is 12.5 Å². The Bertz CT molecular complexity index is 626. The van der Waals surface area contributed by atoms with E-state index in [9.17, 15) is 14.7 Å². The first kappa shape index (κ1) is 15.2. The monoisotopic (exact) mass is 304 g/mol. The fourth-order valence-corrected chi connectivity index (χ4v) is 2.53. The Morgan fingerprint density at radius 3 is 2.86 bits per heavy atom. The molecular formula is C15H16N2O3S. The van der Waals surface area contributed by atoms with Crippen molar-refractivity contribution in [1.82, 2.24) is 10.3 Å². The average molecular weight is 304 g/mol. The van der Waals surface area contributed by atoms with Crippen LogP contribution in [0.25, 0.3) is 0 Å². The summed E-state index contributed by atoms with van der Waals surface area (Å²) >= 11 is 1.32. The lowest BCUT2D eigenvalue weighted by molar-refractivity contribution is -0.141. The number of aromatic nitrogens is 1. The molecule has 21 heavy (non-hydrogen) atoms. The predicted octanol–water partition coefficient (Wildman–Crippen LogP) is 2.12. The molecule has 1 atom stereocenters. The zero-order valence-electron chi connectivity index (χ0n) is 11.6. The van der Waals surface area contributed by atoms with E-state index in [1.165, 1.54) is 11.3 Å². The molecule has 1 aromatic carbocycles. The lowest BCUT2D eigenvalue weighted by atomic mass is 9.98. The maximum absolute atomic E-state index is 11.8. The molecule has 0 aliphatic rings. The third kappa shape index (κ3) is 4.39. The number of aryl methyl sites for hydroxylation is 1. The fraction of sp³-hybridized carbons (Fsp3) is 0.267. The molecule has 6 heteroatoms.